The van der Waals surface area contributed by atoms with Crippen LogP contribution in [-0.4, -0.2) is 11.3 Å². The number of rotatable bonds is 3. The molecule has 0 radical (unpaired) electrons. The number of hydrazone groups is 1. The van der Waals surface area contributed by atoms with Crippen molar-refractivity contribution in [2.75, 3.05) is 5.43 Å². The molecular weight excluding hydrogens is 204 g/mol. The van der Waals surface area contributed by atoms with Gasteiger partial charge in [-0.15, -0.1) is 0 Å². The SMILES string of the molecule is [O-][n+]1cc(N/N=C/c2ccccc2)ccn1. The lowest BCUT2D eigenvalue weighted by Gasteiger charge is -1.97. The quantitative estimate of drug-likeness (QED) is 0.361. The number of aromatic nitrogens is 2. The first-order chi connectivity index (χ1) is 7.84. The summed E-state index contributed by atoms with van der Waals surface area (Å²) >= 11 is 0. The summed E-state index contributed by atoms with van der Waals surface area (Å²) in [4.78, 5) is 0.473. The van der Waals surface area contributed by atoms with Gasteiger partial charge in [0.05, 0.1) is 12.4 Å². The molecule has 0 fully saturated rings. The van der Waals surface area contributed by atoms with Crippen LogP contribution in [0.2, 0.25) is 0 Å². The van der Waals surface area contributed by atoms with Crippen molar-refractivity contribution in [1.82, 2.24) is 5.10 Å². The van der Waals surface area contributed by atoms with Gasteiger partial charge in [-0.25, -0.2) is 0 Å². The maximum absolute atomic E-state index is 10.8. The molecule has 0 aliphatic rings. The molecule has 16 heavy (non-hydrogen) atoms. The molecule has 0 atom stereocenters. The van der Waals surface area contributed by atoms with Crippen LogP contribution in [-0.2, 0) is 0 Å². The Balaban J connectivity index is 2.00. The van der Waals surface area contributed by atoms with Crippen LogP contribution in [0, 0.1) is 5.21 Å². The molecular formula is C11H10N4O. The van der Waals surface area contributed by atoms with Crippen molar-refractivity contribution in [1.29, 1.82) is 0 Å². The largest absolute Gasteiger partial charge is 0.594 e. The topological polar surface area (TPSA) is 64.2 Å². The zero-order valence-corrected chi connectivity index (χ0v) is 8.45. The van der Waals surface area contributed by atoms with Crippen LogP contribution in [0.1, 0.15) is 5.56 Å². The van der Waals surface area contributed by atoms with Gasteiger partial charge < -0.3 is 5.21 Å². The van der Waals surface area contributed by atoms with E-state index in [1.54, 1.807) is 12.3 Å². The smallest absolute Gasteiger partial charge is 0.234 e. The normalized spacial score (nSPS) is 10.5. The molecule has 0 saturated carbocycles. The highest BCUT2D eigenvalue weighted by Crippen LogP contribution is 2.00. The third-order valence-corrected chi connectivity index (χ3v) is 1.89. The van der Waals surface area contributed by atoms with Crippen LogP contribution in [0.25, 0.3) is 0 Å². The standard InChI is InChI=1S/C11H10N4O/c16-15-9-11(6-7-13-15)14-12-8-10-4-2-1-3-5-10/h1-9,14H/b12-8+. The maximum Gasteiger partial charge on any atom is 0.234 e. The van der Waals surface area contributed by atoms with E-state index < -0.39 is 0 Å². The summed E-state index contributed by atoms with van der Waals surface area (Å²) in [6.45, 7) is 0. The molecule has 2 aromatic rings. The van der Waals surface area contributed by atoms with E-state index in [0.717, 1.165) is 5.56 Å². The predicted octanol–water partition coefficient (Wildman–Crippen LogP) is 1.16. The van der Waals surface area contributed by atoms with Crippen LogP contribution in [0.4, 0.5) is 5.69 Å². The fourth-order valence-corrected chi connectivity index (χ4v) is 1.16. The van der Waals surface area contributed by atoms with E-state index in [0.29, 0.717) is 10.5 Å². The highest BCUT2D eigenvalue weighted by atomic mass is 16.5. The summed E-state index contributed by atoms with van der Waals surface area (Å²) in [7, 11) is 0. The van der Waals surface area contributed by atoms with Crippen molar-refractivity contribution in [3.8, 4) is 0 Å². The van der Waals surface area contributed by atoms with Crippen molar-refractivity contribution in [2.45, 2.75) is 0 Å². The lowest BCUT2D eigenvalue weighted by Crippen LogP contribution is -2.29. The summed E-state index contributed by atoms with van der Waals surface area (Å²) in [5.74, 6) is 0. The minimum Gasteiger partial charge on any atom is -0.594 e. The van der Waals surface area contributed by atoms with Gasteiger partial charge in [-0.2, -0.15) is 5.10 Å². The first-order valence-electron chi connectivity index (χ1n) is 4.74. The van der Waals surface area contributed by atoms with E-state index in [-0.39, 0.29) is 0 Å². The molecule has 0 amide bonds. The molecule has 0 aliphatic heterocycles. The van der Waals surface area contributed by atoms with Crippen molar-refractivity contribution in [2.24, 2.45) is 5.10 Å². The van der Waals surface area contributed by atoms with Gasteiger partial charge >= 0.3 is 0 Å². The Bertz CT molecular complexity index is 484. The molecule has 0 unspecified atom stereocenters. The summed E-state index contributed by atoms with van der Waals surface area (Å²) in [5.41, 5.74) is 4.32. The van der Waals surface area contributed by atoms with Gasteiger partial charge in [0, 0.05) is 5.10 Å². The fraction of sp³-hybridized carbons (Fsp3) is 0. The Morgan fingerprint density at radius 3 is 2.81 bits per heavy atom. The number of nitrogens with zero attached hydrogens (tertiary/aromatic N) is 3. The molecule has 0 bridgehead atoms. The second-order valence-electron chi connectivity index (χ2n) is 3.10. The van der Waals surface area contributed by atoms with E-state index in [9.17, 15) is 5.21 Å². The van der Waals surface area contributed by atoms with Crippen molar-refractivity contribution in [3.63, 3.8) is 0 Å². The monoisotopic (exact) mass is 214 g/mol. The van der Waals surface area contributed by atoms with Gasteiger partial charge in [-0.05, 0) is 11.6 Å². The third-order valence-electron chi connectivity index (χ3n) is 1.89. The molecule has 1 aromatic carbocycles. The van der Waals surface area contributed by atoms with Crippen molar-refractivity contribution < 1.29 is 4.85 Å². The molecule has 1 heterocycles. The first-order valence-corrected chi connectivity index (χ1v) is 4.74. The molecule has 5 nitrogen and oxygen atoms in total. The molecule has 1 aromatic heterocycles. The number of hydrogen-bond acceptors (Lipinski definition) is 4. The highest BCUT2D eigenvalue weighted by molar-refractivity contribution is 5.79. The molecule has 1 N–H and O–H groups in total. The Morgan fingerprint density at radius 1 is 1.25 bits per heavy atom. The molecule has 0 aliphatic carbocycles. The lowest BCUT2D eigenvalue weighted by atomic mass is 10.2. The number of anilines is 1. The van der Waals surface area contributed by atoms with Crippen LogP contribution in [0.3, 0.4) is 0 Å². The molecule has 0 saturated heterocycles. The van der Waals surface area contributed by atoms with E-state index >= 15 is 0 Å². The summed E-state index contributed by atoms with van der Waals surface area (Å²) in [6.07, 6.45) is 4.39. The molecule has 2 rings (SSSR count). The average Bonchev–Trinajstić information content (AvgIpc) is 2.30. The summed E-state index contributed by atoms with van der Waals surface area (Å²) in [6, 6.07) is 11.3. The summed E-state index contributed by atoms with van der Waals surface area (Å²) < 4.78 is 0. The number of nitrogens with one attached hydrogen (secondary N) is 1. The zero-order valence-electron chi connectivity index (χ0n) is 8.45. The second-order valence-corrected chi connectivity index (χ2v) is 3.10. The Hall–Kier alpha value is -2.43. The minimum atomic E-state index is 0.473. The van der Waals surface area contributed by atoms with Crippen LogP contribution in [0.5, 0.6) is 0 Å². The highest BCUT2D eigenvalue weighted by Gasteiger charge is 1.94. The lowest BCUT2D eigenvalue weighted by molar-refractivity contribution is -0.668. The molecule has 5 heteroatoms. The predicted molar refractivity (Wildman–Crippen MR) is 60.9 cm³/mol. The van der Waals surface area contributed by atoms with Gasteiger partial charge in [0.1, 0.15) is 5.69 Å². The average molecular weight is 214 g/mol. The van der Waals surface area contributed by atoms with Crippen LogP contribution in [0.15, 0.2) is 53.9 Å². The van der Waals surface area contributed by atoms with Gasteiger partial charge in [0.25, 0.3) is 0 Å². The van der Waals surface area contributed by atoms with Crippen LogP contribution < -0.4 is 10.3 Å². The fourth-order valence-electron chi connectivity index (χ4n) is 1.16. The van der Waals surface area contributed by atoms with Gasteiger partial charge in [-0.1, -0.05) is 35.2 Å². The molecule has 0 spiro atoms. The third kappa shape index (κ3) is 2.78. The summed E-state index contributed by atoms with van der Waals surface area (Å²) in [5, 5.41) is 18.3. The van der Waals surface area contributed by atoms with Crippen molar-refractivity contribution >= 4 is 11.9 Å². The zero-order chi connectivity index (χ0) is 11.2. The Kier molecular flexibility index (Phi) is 3.08. The Morgan fingerprint density at radius 2 is 2.06 bits per heavy atom. The molecule has 80 valence electrons. The number of benzene rings is 1. The van der Waals surface area contributed by atoms with E-state index in [1.807, 2.05) is 30.3 Å². The maximum atomic E-state index is 10.8. The van der Waals surface area contributed by atoms with E-state index in [4.69, 9.17) is 0 Å². The van der Waals surface area contributed by atoms with Gasteiger partial charge in [0.2, 0.25) is 6.20 Å². The minimum absolute atomic E-state index is 0.473. The number of hydrogen-bond donors (Lipinski definition) is 1. The van der Waals surface area contributed by atoms with E-state index in [2.05, 4.69) is 15.6 Å². The van der Waals surface area contributed by atoms with Gasteiger partial charge in [-0.3, -0.25) is 5.43 Å². The first kappa shape index (κ1) is 10.1. The second kappa shape index (κ2) is 4.88. The van der Waals surface area contributed by atoms with Gasteiger partial charge in [0.15, 0.2) is 0 Å². The van der Waals surface area contributed by atoms with Crippen LogP contribution >= 0.6 is 0 Å². The Labute approximate surface area is 92.6 Å². The van der Waals surface area contributed by atoms with Crippen molar-refractivity contribution in [3.05, 3.63) is 59.6 Å². The van der Waals surface area contributed by atoms with E-state index in [1.165, 1.54) is 12.4 Å².